The van der Waals surface area contributed by atoms with E-state index in [1.54, 1.807) is 10.6 Å². The van der Waals surface area contributed by atoms with Gasteiger partial charge in [-0.05, 0) is 32.2 Å². The quantitative estimate of drug-likeness (QED) is 0.906. The first kappa shape index (κ1) is 12.3. The third-order valence-electron chi connectivity index (χ3n) is 2.53. The number of thiazole rings is 1. The van der Waals surface area contributed by atoms with Crippen molar-refractivity contribution in [2.75, 3.05) is 7.05 Å². The van der Waals surface area contributed by atoms with Crippen molar-refractivity contribution in [1.82, 2.24) is 9.29 Å². The maximum absolute atomic E-state index is 11.6. The van der Waals surface area contributed by atoms with Gasteiger partial charge in [-0.25, -0.2) is 13.1 Å². The van der Waals surface area contributed by atoms with E-state index in [1.807, 2.05) is 6.92 Å². The Labute approximate surface area is 103 Å². The minimum atomic E-state index is -3.45. The smallest absolute Gasteiger partial charge is 0.299 e. The summed E-state index contributed by atoms with van der Waals surface area (Å²) in [7, 11) is -2.09. The second-order valence-electron chi connectivity index (χ2n) is 3.45. The highest BCUT2D eigenvalue weighted by Gasteiger charge is 2.14. The van der Waals surface area contributed by atoms with Crippen LogP contribution >= 0.6 is 11.3 Å². The maximum atomic E-state index is 11.6. The van der Waals surface area contributed by atoms with Gasteiger partial charge >= 0.3 is 4.87 Å². The lowest BCUT2D eigenvalue weighted by Crippen LogP contribution is -2.18. The molecule has 0 radical (unpaired) electrons. The number of nitrogens with zero attached hydrogens (tertiary/aromatic N) is 1. The van der Waals surface area contributed by atoms with Crippen LogP contribution in [0, 0.1) is 0 Å². The Morgan fingerprint density at radius 3 is 2.71 bits per heavy atom. The van der Waals surface area contributed by atoms with Gasteiger partial charge in [0.2, 0.25) is 10.0 Å². The van der Waals surface area contributed by atoms with E-state index in [9.17, 15) is 13.2 Å². The molecule has 2 aromatic rings. The molecule has 7 heteroatoms. The van der Waals surface area contributed by atoms with Crippen molar-refractivity contribution in [3.8, 4) is 0 Å². The molecule has 0 bridgehead atoms. The summed E-state index contributed by atoms with van der Waals surface area (Å²) in [5.74, 6) is 0. The van der Waals surface area contributed by atoms with E-state index >= 15 is 0 Å². The molecule has 2 rings (SSSR count). The second kappa shape index (κ2) is 4.25. The average Bonchev–Trinajstić information content (AvgIpc) is 2.63. The zero-order chi connectivity index (χ0) is 12.6. The van der Waals surface area contributed by atoms with Crippen LogP contribution in [0.3, 0.4) is 0 Å². The molecule has 0 atom stereocenters. The van der Waals surface area contributed by atoms with Gasteiger partial charge in [-0.3, -0.25) is 9.36 Å². The van der Waals surface area contributed by atoms with Crippen LogP contribution in [0.2, 0.25) is 0 Å². The molecule has 0 unspecified atom stereocenters. The number of aryl methyl sites for hydroxylation is 1. The molecule has 1 aromatic heterocycles. The van der Waals surface area contributed by atoms with Crippen molar-refractivity contribution in [2.24, 2.45) is 0 Å². The molecule has 0 saturated carbocycles. The molecule has 1 N–H and O–H groups in total. The van der Waals surface area contributed by atoms with E-state index in [4.69, 9.17) is 0 Å². The van der Waals surface area contributed by atoms with Gasteiger partial charge in [0.25, 0.3) is 0 Å². The van der Waals surface area contributed by atoms with Crippen LogP contribution in [0.5, 0.6) is 0 Å². The van der Waals surface area contributed by atoms with Crippen LogP contribution in [0.15, 0.2) is 27.9 Å². The standard InChI is InChI=1S/C10H12N2O3S2/c1-3-12-8-5-4-7(17(14,15)11-2)6-9(8)16-10(12)13/h4-6,11H,3H2,1-2H3. The van der Waals surface area contributed by atoms with Gasteiger partial charge in [0.15, 0.2) is 0 Å². The summed E-state index contributed by atoms with van der Waals surface area (Å²) >= 11 is 1.06. The van der Waals surface area contributed by atoms with E-state index in [1.165, 1.54) is 19.2 Å². The maximum Gasteiger partial charge on any atom is 0.308 e. The van der Waals surface area contributed by atoms with E-state index in [0.717, 1.165) is 16.9 Å². The molecule has 0 aliphatic carbocycles. The number of fused-ring (bicyclic) bond motifs is 1. The Morgan fingerprint density at radius 2 is 2.12 bits per heavy atom. The van der Waals surface area contributed by atoms with Crippen molar-refractivity contribution < 1.29 is 8.42 Å². The number of hydrogen-bond acceptors (Lipinski definition) is 4. The molecule has 0 aliphatic heterocycles. The summed E-state index contributed by atoms with van der Waals surface area (Å²) in [6, 6.07) is 4.70. The fourth-order valence-electron chi connectivity index (χ4n) is 1.63. The van der Waals surface area contributed by atoms with Gasteiger partial charge in [0, 0.05) is 6.54 Å². The molecule has 0 spiro atoms. The molecule has 0 saturated heterocycles. The van der Waals surface area contributed by atoms with Gasteiger partial charge < -0.3 is 0 Å². The zero-order valence-electron chi connectivity index (χ0n) is 9.43. The number of aromatic nitrogens is 1. The van der Waals surface area contributed by atoms with Gasteiger partial charge in [0.05, 0.1) is 15.1 Å². The molecule has 1 aromatic carbocycles. The molecule has 92 valence electrons. The van der Waals surface area contributed by atoms with Crippen molar-refractivity contribution >= 4 is 31.6 Å². The number of hydrogen-bond donors (Lipinski definition) is 1. The Morgan fingerprint density at radius 1 is 1.41 bits per heavy atom. The van der Waals surface area contributed by atoms with Crippen LogP contribution in [0.1, 0.15) is 6.92 Å². The predicted molar refractivity (Wildman–Crippen MR) is 68.0 cm³/mol. The normalized spacial score (nSPS) is 12.1. The van der Waals surface area contributed by atoms with Crippen LogP contribution in [-0.2, 0) is 16.6 Å². The molecule has 17 heavy (non-hydrogen) atoms. The topological polar surface area (TPSA) is 68.2 Å². The monoisotopic (exact) mass is 272 g/mol. The summed E-state index contributed by atoms with van der Waals surface area (Å²) in [6.07, 6.45) is 0. The largest absolute Gasteiger partial charge is 0.308 e. The minimum Gasteiger partial charge on any atom is -0.299 e. The highest BCUT2D eigenvalue weighted by molar-refractivity contribution is 7.89. The molecular weight excluding hydrogens is 260 g/mol. The Hall–Kier alpha value is -1.18. The predicted octanol–water partition coefficient (Wildman–Crippen LogP) is 0.991. The molecule has 0 amide bonds. The first-order chi connectivity index (χ1) is 7.99. The molecular formula is C10H12N2O3S2. The Kier molecular flexibility index (Phi) is 3.07. The molecule has 0 aliphatic rings. The number of nitrogens with one attached hydrogen (secondary N) is 1. The van der Waals surface area contributed by atoms with E-state index < -0.39 is 10.0 Å². The van der Waals surface area contributed by atoms with Gasteiger partial charge in [0.1, 0.15) is 0 Å². The third kappa shape index (κ3) is 2.01. The lowest BCUT2D eigenvalue weighted by molar-refractivity contribution is 0.588. The lowest BCUT2D eigenvalue weighted by Gasteiger charge is -2.03. The third-order valence-corrected chi connectivity index (χ3v) is 4.89. The van der Waals surface area contributed by atoms with Gasteiger partial charge in [-0.2, -0.15) is 0 Å². The van der Waals surface area contributed by atoms with Crippen LogP contribution < -0.4 is 9.60 Å². The highest BCUT2D eigenvalue weighted by atomic mass is 32.2. The van der Waals surface area contributed by atoms with E-state index in [2.05, 4.69) is 4.72 Å². The van der Waals surface area contributed by atoms with Crippen LogP contribution in [0.25, 0.3) is 10.2 Å². The van der Waals surface area contributed by atoms with Crippen molar-refractivity contribution in [1.29, 1.82) is 0 Å². The highest BCUT2D eigenvalue weighted by Crippen LogP contribution is 2.21. The van der Waals surface area contributed by atoms with E-state index in [0.29, 0.717) is 11.2 Å². The fourth-order valence-corrected chi connectivity index (χ4v) is 3.46. The number of sulfonamides is 1. The summed E-state index contributed by atoms with van der Waals surface area (Å²) in [6.45, 7) is 2.46. The second-order valence-corrected chi connectivity index (χ2v) is 6.33. The van der Waals surface area contributed by atoms with Crippen molar-refractivity contribution in [3.05, 3.63) is 27.9 Å². The van der Waals surface area contributed by atoms with Gasteiger partial charge in [-0.15, -0.1) is 0 Å². The minimum absolute atomic E-state index is 0.0681. The van der Waals surface area contributed by atoms with Crippen LogP contribution in [-0.4, -0.2) is 20.0 Å². The zero-order valence-corrected chi connectivity index (χ0v) is 11.1. The van der Waals surface area contributed by atoms with E-state index in [-0.39, 0.29) is 9.77 Å². The average molecular weight is 272 g/mol. The first-order valence-electron chi connectivity index (χ1n) is 5.06. The van der Waals surface area contributed by atoms with Gasteiger partial charge in [-0.1, -0.05) is 11.3 Å². The SMILES string of the molecule is CCn1c(=O)sc2cc(S(=O)(=O)NC)ccc21. The Bertz CT molecular complexity index is 713. The number of rotatable bonds is 3. The van der Waals surface area contributed by atoms with Crippen molar-refractivity contribution in [2.45, 2.75) is 18.4 Å². The molecule has 5 nitrogen and oxygen atoms in total. The fraction of sp³-hybridized carbons (Fsp3) is 0.300. The summed E-state index contributed by atoms with van der Waals surface area (Å²) in [4.78, 5) is 11.7. The first-order valence-corrected chi connectivity index (χ1v) is 7.36. The van der Waals surface area contributed by atoms with Crippen molar-refractivity contribution in [3.63, 3.8) is 0 Å². The summed E-state index contributed by atoms with van der Waals surface area (Å²) < 4.78 is 27.8. The van der Waals surface area contributed by atoms with Crippen LogP contribution in [0.4, 0.5) is 0 Å². The lowest BCUT2D eigenvalue weighted by atomic mass is 10.3. The molecule has 0 fully saturated rings. The molecule has 1 heterocycles. The summed E-state index contributed by atoms with van der Waals surface area (Å²) in [5, 5.41) is 0. The Balaban J connectivity index is 2.73. The summed E-state index contributed by atoms with van der Waals surface area (Å²) in [5.41, 5.74) is 0.776. The number of benzene rings is 1.